The average molecular weight is 604 g/mol. The van der Waals surface area contributed by atoms with Crippen molar-refractivity contribution >= 4 is 56.9 Å². The predicted octanol–water partition coefficient (Wildman–Crippen LogP) is 3.04. The summed E-state index contributed by atoms with van der Waals surface area (Å²) < 4.78 is 0. The zero-order chi connectivity index (χ0) is 29.4. The first-order valence-electron chi connectivity index (χ1n) is 14.4. The van der Waals surface area contributed by atoms with Gasteiger partial charge in [-0.15, -0.1) is 0 Å². The molecule has 0 saturated carbocycles. The van der Waals surface area contributed by atoms with Gasteiger partial charge in [0.25, 0.3) is 0 Å². The molecule has 14 nitrogen and oxygen atoms in total. The fourth-order valence-corrected chi connectivity index (χ4v) is 5.52. The number of hydrogen-bond donors (Lipinski definition) is 6. The third-order valence-electron chi connectivity index (χ3n) is 7.52. The number of nitrogens with one attached hydrogen (secondary N) is 6. The average Bonchev–Trinajstić information content (AvgIpc) is 3.72. The standard InChI is InChI=1S/C18H20ClN7O.C10H14N6/c19-12-3-1-4-13(7-12)20-9-16(27)26-6-2-5-14(10-26)24-17-15-8-23-25-18(15)22-11-21-17;1-2-7(4-11-3-1)15-9-8-5-14-16-10(8)13-6-12-9/h1,3-4,7-8,11,14,20H,2,5-6,9-10H2,(H2,21,22,23,24,25);5-7,11H,1-4H2,(H2,12,13,14,15,16)/t14-;7-/m00/s1. The van der Waals surface area contributed by atoms with E-state index in [4.69, 9.17) is 11.6 Å². The number of fused-ring (bicyclic) bond motifs is 2. The molecule has 1 aromatic carbocycles. The maximum absolute atomic E-state index is 12.6. The number of likely N-dealkylation sites (tertiary alicyclic amines) is 1. The van der Waals surface area contributed by atoms with Crippen LogP contribution in [0.1, 0.15) is 25.7 Å². The van der Waals surface area contributed by atoms with Gasteiger partial charge in [-0.2, -0.15) is 10.2 Å². The van der Waals surface area contributed by atoms with Crippen LogP contribution in [0.3, 0.4) is 0 Å². The van der Waals surface area contributed by atoms with Gasteiger partial charge < -0.3 is 26.2 Å². The Kier molecular flexibility index (Phi) is 9.04. The number of piperidine rings is 2. The number of halogens is 1. The maximum Gasteiger partial charge on any atom is 0.241 e. The Balaban J connectivity index is 0.000000174. The molecule has 0 aliphatic carbocycles. The van der Waals surface area contributed by atoms with E-state index in [2.05, 4.69) is 61.6 Å². The molecule has 6 heterocycles. The number of rotatable bonds is 7. The highest BCUT2D eigenvalue weighted by atomic mass is 35.5. The summed E-state index contributed by atoms with van der Waals surface area (Å²) in [5, 5.41) is 29.5. The number of anilines is 3. The van der Waals surface area contributed by atoms with E-state index in [1.54, 1.807) is 30.9 Å². The summed E-state index contributed by atoms with van der Waals surface area (Å²) in [7, 11) is 0. The summed E-state index contributed by atoms with van der Waals surface area (Å²) in [5.74, 6) is 1.68. The molecule has 15 heteroatoms. The van der Waals surface area contributed by atoms with Crippen molar-refractivity contribution in [1.29, 1.82) is 0 Å². The predicted molar refractivity (Wildman–Crippen MR) is 166 cm³/mol. The Morgan fingerprint density at radius 3 is 2.30 bits per heavy atom. The van der Waals surface area contributed by atoms with E-state index in [1.165, 1.54) is 19.2 Å². The van der Waals surface area contributed by atoms with Gasteiger partial charge in [0.2, 0.25) is 5.91 Å². The van der Waals surface area contributed by atoms with Gasteiger partial charge in [0.1, 0.15) is 24.3 Å². The van der Waals surface area contributed by atoms with E-state index in [0.29, 0.717) is 23.3 Å². The lowest BCUT2D eigenvalue weighted by atomic mass is 10.1. The molecule has 1 amide bonds. The minimum Gasteiger partial charge on any atom is -0.376 e. The Morgan fingerprint density at radius 2 is 1.63 bits per heavy atom. The fourth-order valence-electron chi connectivity index (χ4n) is 5.33. The van der Waals surface area contributed by atoms with Gasteiger partial charge in [-0.25, -0.2) is 19.9 Å². The first-order chi connectivity index (χ1) is 21.1. The van der Waals surface area contributed by atoms with Crippen molar-refractivity contribution in [3.63, 3.8) is 0 Å². The lowest BCUT2D eigenvalue weighted by Gasteiger charge is -2.33. The van der Waals surface area contributed by atoms with Crippen LogP contribution in [0.4, 0.5) is 17.3 Å². The number of carbonyl (C=O) groups is 1. The molecule has 7 rings (SSSR count). The SMILES string of the molecule is O=C(CNc1cccc(Cl)c1)N1CCC[C@H](Nc2ncnc3[nH]ncc23)C1.c1nc(N[C@H]2CCCNC2)c2cn[nH]c2n1. The highest BCUT2D eigenvalue weighted by Gasteiger charge is 2.24. The number of benzene rings is 1. The van der Waals surface area contributed by atoms with E-state index in [0.717, 1.165) is 66.2 Å². The molecule has 2 atom stereocenters. The lowest BCUT2D eigenvalue weighted by Crippen LogP contribution is -2.47. The van der Waals surface area contributed by atoms with E-state index < -0.39 is 0 Å². The summed E-state index contributed by atoms with van der Waals surface area (Å²) in [6.07, 6.45) is 10.8. The van der Waals surface area contributed by atoms with Gasteiger partial charge in [-0.1, -0.05) is 17.7 Å². The second kappa shape index (κ2) is 13.6. The number of nitrogens with zero attached hydrogens (tertiary/aromatic N) is 7. The van der Waals surface area contributed by atoms with Crippen LogP contribution in [0.25, 0.3) is 22.1 Å². The van der Waals surface area contributed by atoms with Crippen molar-refractivity contribution < 1.29 is 4.79 Å². The Hall–Kier alpha value is -4.56. The molecule has 2 aliphatic heterocycles. The van der Waals surface area contributed by atoms with E-state index in [9.17, 15) is 4.79 Å². The van der Waals surface area contributed by atoms with Crippen LogP contribution < -0.4 is 21.3 Å². The Labute approximate surface area is 252 Å². The molecule has 224 valence electrons. The molecule has 0 bridgehead atoms. The van der Waals surface area contributed by atoms with Crippen molar-refractivity contribution in [3.8, 4) is 0 Å². The monoisotopic (exact) mass is 603 g/mol. The molecular formula is C28H34ClN13O. The third kappa shape index (κ3) is 7.27. The zero-order valence-corrected chi connectivity index (χ0v) is 24.3. The lowest BCUT2D eigenvalue weighted by molar-refractivity contribution is -0.130. The minimum atomic E-state index is 0.0672. The van der Waals surface area contributed by atoms with Crippen LogP contribution in [0.15, 0.2) is 49.3 Å². The van der Waals surface area contributed by atoms with E-state index in [1.807, 2.05) is 17.0 Å². The maximum atomic E-state index is 12.6. The summed E-state index contributed by atoms with van der Waals surface area (Å²) in [5.41, 5.74) is 2.31. The molecule has 2 fully saturated rings. The number of H-pyrrole nitrogens is 2. The van der Waals surface area contributed by atoms with Crippen molar-refractivity contribution in [2.75, 3.05) is 48.7 Å². The molecule has 0 spiro atoms. The third-order valence-corrected chi connectivity index (χ3v) is 7.75. The molecule has 6 N–H and O–H groups in total. The highest BCUT2D eigenvalue weighted by Crippen LogP contribution is 2.21. The van der Waals surface area contributed by atoms with Gasteiger partial charge >= 0.3 is 0 Å². The minimum absolute atomic E-state index is 0.0672. The summed E-state index contributed by atoms with van der Waals surface area (Å²) in [4.78, 5) is 31.3. The number of carbonyl (C=O) groups excluding carboxylic acids is 1. The van der Waals surface area contributed by atoms with Crippen LogP contribution in [-0.2, 0) is 4.79 Å². The molecule has 0 unspecified atom stereocenters. The Morgan fingerprint density at radius 1 is 0.930 bits per heavy atom. The van der Waals surface area contributed by atoms with Gasteiger partial charge in [0.05, 0.1) is 29.7 Å². The quantitative estimate of drug-likeness (QED) is 0.161. The van der Waals surface area contributed by atoms with E-state index in [-0.39, 0.29) is 18.5 Å². The van der Waals surface area contributed by atoms with Gasteiger partial charge in [0, 0.05) is 42.4 Å². The van der Waals surface area contributed by atoms with Crippen LogP contribution in [0, 0.1) is 0 Å². The Bertz CT molecular complexity index is 1650. The first kappa shape index (κ1) is 28.6. The second-order valence-electron chi connectivity index (χ2n) is 10.6. The number of hydrogen-bond acceptors (Lipinski definition) is 11. The van der Waals surface area contributed by atoms with Gasteiger partial charge in [-0.3, -0.25) is 15.0 Å². The number of amides is 1. The van der Waals surface area contributed by atoms with Crippen LogP contribution >= 0.6 is 11.6 Å². The van der Waals surface area contributed by atoms with Crippen molar-refractivity contribution in [1.82, 2.24) is 50.5 Å². The van der Waals surface area contributed by atoms with Crippen molar-refractivity contribution in [3.05, 3.63) is 54.3 Å². The largest absolute Gasteiger partial charge is 0.376 e. The highest BCUT2D eigenvalue weighted by molar-refractivity contribution is 6.30. The first-order valence-corrected chi connectivity index (χ1v) is 14.8. The molecule has 2 aliphatic rings. The molecule has 5 aromatic rings. The molecule has 43 heavy (non-hydrogen) atoms. The zero-order valence-electron chi connectivity index (χ0n) is 23.6. The van der Waals surface area contributed by atoms with E-state index >= 15 is 0 Å². The molecular weight excluding hydrogens is 570 g/mol. The van der Waals surface area contributed by atoms with Crippen LogP contribution in [0.5, 0.6) is 0 Å². The van der Waals surface area contributed by atoms with Crippen LogP contribution in [-0.4, -0.2) is 95.9 Å². The smallest absolute Gasteiger partial charge is 0.241 e. The summed E-state index contributed by atoms with van der Waals surface area (Å²) in [6, 6.07) is 7.95. The summed E-state index contributed by atoms with van der Waals surface area (Å²) >= 11 is 5.98. The summed E-state index contributed by atoms with van der Waals surface area (Å²) in [6.45, 7) is 3.75. The molecule has 4 aromatic heterocycles. The number of aromatic amines is 2. The second-order valence-corrected chi connectivity index (χ2v) is 11.0. The fraction of sp³-hybridized carbons (Fsp3) is 0.393. The normalized spacial score (nSPS) is 18.6. The van der Waals surface area contributed by atoms with Gasteiger partial charge in [0.15, 0.2) is 11.3 Å². The molecule has 2 saturated heterocycles. The topological polar surface area (TPSA) is 177 Å². The van der Waals surface area contributed by atoms with Gasteiger partial charge in [-0.05, 0) is 50.4 Å². The number of aromatic nitrogens is 8. The van der Waals surface area contributed by atoms with Crippen molar-refractivity contribution in [2.45, 2.75) is 37.8 Å². The van der Waals surface area contributed by atoms with Crippen molar-refractivity contribution in [2.24, 2.45) is 0 Å². The molecule has 0 radical (unpaired) electrons. The van der Waals surface area contributed by atoms with Crippen LogP contribution in [0.2, 0.25) is 5.02 Å².